The van der Waals surface area contributed by atoms with Crippen molar-refractivity contribution in [1.29, 1.82) is 0 Å². The van der Waals surface area contributed by atoms with Gasteiger partial charge in [-0.25, -0.2) is 0 Å². The van der Waals surface area contributed by atoms with Crippen LogP contribution in [-0.2, 0) is 0 Å². The fraction of sp³-hybridized carbons (Fsp3) is 0.300. The molecule has 0 amide bonds. The van der Waals surface area contributed by atoms with E-state index in [4.69, 9.17) is 0 Å². The molecule has 0 saturated heterocycles. The van der Waals surface area contributed by atoms with E-state index < -0.39 is 0 Å². The lowest BCUT2D eigenvalue weighted by molar-refractivity contribution is 1.50. The van der Waals surface area contributed by atoms with Gasteiger partial charge in [-0.3, -0.25) is 0 Å². The maximum absolute atomic E-state index is 2.25. The van der Waals surface area contributed by atoms with E-state index in [9.17, 15) is 0 Å². The number of rotatable bonds is 0. The van der Waals surface area contributed by atoms with Crippen molar-refractivity contribution in [2.45, 2.75) is 41.5 Å². The van der Waals surface area contributed by atoms with Crippen LogP contribution in [0.4, 0.5) is 0 Å². The number of hydrogen-bond donors (Lipinski definition) is 0. The van der Waals surface area contributed by atoms with Crippen LogP contribution in [-0.4, -0.2) is 0 Å². The summed E-state index contributed by atoms with van der Waals surface area (Å²) in [6, 6.07) is 17.6. The summed E-state index contributed by atoms with van der Waals surface area (Å²) in [5.41, 5.74) is 2.67. The molecule has 0 aliphatic carbocycles. The Balaban J connectivity index is 0.000000461. The average molecular weight is 266 g/mol. The fourth-order valence-electron chi connectivity index (χ4n) is 2.42. The Morgan fingerprint density at radius 1 is 0.650 bits per heavy atom. The van der Waals surface area contributed by atoms with Crippen LogP contribution in [0.1, 0.15) is 38.8 Å². The summed E-state index contributed by atoms with van der Waals surface area (Å²) >= 11 is 0. The molecule has 0 aliphatic heterocycles. The van der Waals surface area contributed by atoms with Gasteiger partial charge in [0.25, 0.3) is 0 Å². The minimum atomic E-state index is 1.32. The summed E-state index contributed by atoms with van der Waals surface area (Å²) in [7, 11) is 0. The first-order valence-electron chi connectivity index (χ1n) is 7.64. The predicted octanol–water partition coefficient (Wildman–Crippen LogP) is 6.66. The largest absolute Gasteiger partial charge is 0.0683 e. The summed E-state index contributed by atoms with van der Waals surface area (Å²) < 4.78 is 0. The first-order chi connectivity index (χ1) is 9.75. The summed E-state index contributed by atoms with van der Waals surface area (Å²) in [6.07, 6.45) is 0. The molecule has 0 radical (unpaired) electrons. The Morgan fingerprint density at radius 2 is 1.30 bits per heavy atom. The van der Waals surface area contributed by atoms with Crippen LogP contribution in [0.2, 0.25) is 0 Å². The van der Waals surface area contributed by atoms with Gasteiger partial charge in [-0.05, 0) is 41.0 Å². The lowest BCUT2D eigenvalue weighted by Crippen LogP contribution is -1.82. The molecule has 0 aromatic heterocycles. The van der Waals surface area contributed by atoms with Crippen molar-refractivity contribution in [3.63, 3.8) is 0 Å². The highest BCUT2D eigenvalue weighted by Gasteiger charge is 2.02. The number of benzene rings is 3. The van der Waals surface area contributed by atoms with Crippen molar-refractivity contribution >= 4 is 21.5 Å². The standard InChI is InChI=1S/C16H14.2C2H6/c1-11-6-9-15-14(10-11)8-7-13-5-3-4-12(2)16(13)15;2*1-2/h3-10H,1-2H3;2*1-2H3. The van der Waals surface area contributed by atoms with Crippen molar-refractivity contribution < 1.29 is 0 Å². The summed E-state index contributed by atoms with van der Waals surface area (Å²) in [5, 5.41) is 5.42. The van der Waals surface area contributed by atoms with Gasteiger partial charge in [0.1, 0.15) is 0 Å². The Bertz CT molecular complexity index is 678. The second-order valence-corrected chi connectivity index (χ2v) is 4.46. The van der Waals surface area contributed by atoms with Crippen LogP contribution in [0.3, 0.4) is 0 Å². The summed E-state index contributed by atoms with van der Waals surface area (Å²) in [5.74, 6) is 0. The fourth-order valence-corrected chi connectivity index (χ4v) is 2.42. The Labute approximate surface area is 123 Å². The molecule has 0 heteroatoms. The highest BCUT2D eigenvalue weighted by atomic mass is 14.1. The van der Waals surface area contributed by atoms with E-state index in [1.807, 2.05) is 27.7 Å². The van der Waals surface area contributed by atoms with E-state index in [2.05, 4.69) is 62.4 Å². The van der Waals surface area contributed by atoms with Gasteiger partial charge >= 0.3 is 0 Å². The van der Waals surface area contributed by atoms with Crippen molar-refractivity contribution in [1.82, 2.24) is 0 Å². The predicted molar refractivity (Wildman–Crippen MR) is 93.6 cm³/mol. The molecule has 106 valence electrons. The molecule has 0 heterocycles. The van der Waals surface area contributed by atoms with Crippen molar-refractivity contribution in [2.24, 2.45) is 0 Å². The lowest BCUT2D eigenvalue weighted by Gasteiger charge is -2.07. The third kappa shape index (κ3) is 3.19. The second-order valence-electron chi connectivity index (χ2n) is 4.46. The molecule has 0 N–H and O–H groups in total. The van der Waals surface area contributed by atoms with Crippen LogP contribution in [0.25, 0.3) is 21.5 Å². The van der Waals surface area contributed by atoms with Gasteiger partial charge < -0.3 is 0 Å². The van der Waals surface area contributed by atoms with Gasteiger partial charge in [-0.1, -0.05) is 81.8 Å². The van der Waals surface area contributed by atoms with Gasteiger partial charge in [-0.15, -0.1) is 0 Å². The first kappa shape index (κ1) is 16.2. The van der Waals surface area contributed by atoms with E-state index in [1.54, 1.807) is 0 Å². The van der Waals surface area contributed by atoms with E-state index in [-0.39, 0.29) is 0 Å². The molecule has 3 rings (SSSR count). The molecule has 0 fully saturated rings. The monoisotopic (exact) mass is 266 g/mol. The first-order valence-corrected chi connectivity index (χ1v) is 7.64. The minimum absolute atomic E-state index is 1.32. The number of hydrogen-bond acceptors (Lipinski definition) is 0. The molecule has 3 aromatic carbocycles. The van der Waals surface area contributed by atoms with Gasteiger partial charge in [0.05, 0.1) is 0 Å². The van der Waals surface area contributed by atoms with E-state index in [1.165, 1.54) is 32.7 Å². The zero-order chi connectivity index (χ0) is 15.1. The van der Waals surface area contributed by atoms with Gasteiger partial charge in [0, 0.05) is 0 Å². The third-order valence-electron chi connectivity index (χ3n) is 3.22. The van der Waals surface area contributed by atoms with Crippen LogP contribution in [0.15, 0.2) is 48.5 Å². The van der Waals surface area contributed by atoms with E-state index >= 15 is 0 Å². The van der Waals surface area contributed by atoms with Crippen molar-refractivity contribution in [2.75, 3.05) is 0 Å². The molecule has 20 heavy (non-hydrogen) atoms. The zero-order valence-corrected chi connectivity index (χ0v) is 13.6. The molecule has 0 saturated carbocycles. The van der Waals surface area contributed by atoms with E-state index in [0.717, 1.165) is 0 Å². The van der Waals surface area contributed by atoms with Gasteiger partial charge in [0.15, 0.2) is 0 Å². The molecule has 0 bridgehead atoms. The van der Waals surface area contributed by atoms with Gasteiger partial charge in [-0.2, -0.15) is 0 Å². The maximum Gasteiger partial charge on any atom is -0.00761 e. The number of aryl methyl sites for hydroxylation is 2. The summed E-state index contributed by atoms with van der Waals surface area (Å²) in [6.45, 7) is 12.3. The second kappa shape index (κ2) is 7.69. The topological polar surface area (TPSA) is 0 Å². The molecule has 0 aliphatic rings. The van der Waals surface area contributed by atoms with Crippen molar-refractivity contribution in [3.8, 4) is 0 Å². The quantitative estimate of drug-likeness (QED) is 0.399. The minimum Gasteiger partial charge on any atom is -0.0683 e. The maximum atomic E-state index is 2.25. The zero-order valence-electron chi connectivity index (χ0n) is 13.6. The van der Waals surface area contributed by atoms with Crippen LogP contribution in [0, 0.1) is 13.8 Å². The molecular formula is C20H26. The Morgan fingerprint density at radius 3 is 2.00 bits per heavy atom. The number of fused-ring (bicyclic) bond motifs is 3. The normalized spacial score (nSPS) is 9.50. The van der Waals surface area contributed by atoms with Crippen molar-refractivity contribution in [3.05, 3.63) is 59.7 Å². The van der Waals surface area contributed by atoms with E-state index in [0.29, 0.717) is 0 Å². The van der Waals surface area contributed by atoms with Crippen LogP contribution >= 0.6 is 0 Å². The molecule has 3 aromatic rings. The Hall–Kier alpha value is -1.82. The average Bonchev–Trinajstić information content (AvgIpc) is 2.51. The lowest BCUT2D eigenvalue weighted by atomic mass is 9.97. The molecule has 0 spiro atoms. The smallest absolute Gasteiger partial charge is 0.00761 e. The highest BCUT2D eigenvalue weighted by molar-refractivity contribution is 6.09. The molecular weight excluding hydrogens is 240 g/mol. The molecule has 0 unspecified atom stereocenters. The SMILES string of the molecule is CC.CC.Cc1ccc2c(ccc3cccc(C)c32)c1. The summed E-state index contributed by atoms with van der Waals surface area (Å²) in [4.78, 5) is 0. The highest BCUT2D eigenvalue weighted by Crippen LogP contribution is 2.28. The molecule has 0 nitrogen and oxygen atoms in total. The van der Waals surface area contributed by atoms with Crippen LogP contribution in [0.5, 0.6) is 0 Å². The third-order valence-corrected chi connectivity index (χ3v) is 3.22. The van der Waals surface area contributed by atoms with Gasteiger partial charge in [0.2, 0.25) is 0 Å². The van der Waals surface area contributed by atoms with Crippen LogP contribution < -0.4 is 0 Å². The molecule has 0 atom stereocenters. The Kier molecular flexibility index (Phi) is 6.24.